The average Bonchev–Trinajstić information content (AvgIpc) is 2.61. The van der Waals surface area contributed by atoms with E-state index in [0.717, 1.165) is 23.1 Å². The molecule has 1 saturated heterocycles. The van der Waals surface area contributed by atoms with Gasteiger partial charge in [0, 0.05) is 18.0 Å². The fraction of sp³-hybridized carbons (Fsp3) is 0.471. The number of aromatic nitrogens is 1. The third-order valence-electron chi connectivity index (χ3n) is 4.02. The lowest BCUT2D eigenvalue weighted by molar-refractivity contribution is -0.0844. The van der Waals surface area contributed by atoms with Crippen LogP contribution in [0, 0.1) is 0 Å². The minimum atomic E-state index is -0.320. The summed E-state index contributed by atoms with van der Waals surface area (Å²) in [6, 6.07) is 7.65. The fourth-order valence-electron chi connectivity index (χ4n) is 3.12. The number of hydrogen-bond acceptors (Lipinski definition) is 4. The van der Waals surface area contributed by atoms with Crippen LogP contribution in [-0.4, -0.2) is 22.3 Å². The number of fused-ring (bicyclic) bond motifs is 1. The normalized spacial score (nSPS) is 23.3. The average molecular weight is 286 g/mol. The lowest BCUT2D eigenvalue weighted by Gasteiger charge is -2.27. The summed E-state index contributed by atoms with van der Waals surface area (Å²) in [5, 5.41) is 0.943. The van der Waals surface area contributed by atoms with Crippen LogP contribution in [0.3, 0.4) is 0 Å². The summed E-state index contributed by atoms with van der Waals surface area (Å²) in [6.45, 7) is 8.34. The summed E-state index contributed by atoms with van der Waals surface area (Å²) < 4.78 is 12.4. The van der Waals surface area contributed by atoms with Gasteiger partial charge >= 0.3 is 0 Å². The topological polar surface area (TPSA) is 57.4 Å². The van der Waals surface area contributed by atoms with Gasteiger partial charge in [-0.25, -0.2) is 0 Å². The molecule has 1 aromatic carbocycles. The zero-order valence-corrected chi connectivity index (χ0v) is 13.0. The number of anilines is 1. The highest BCUT2D eigenvalue weighted by Gasteiger charge is 2.47. The molecule has 4 heteroatoms. The van der Waals surface area contributed by atoms with Crippen molar-refractivity contribution in [2.75, 3.05) is 5.73 Å². The van der Waals surface area contributed by atoms with E-state index in [4.69, 9.17) is 15.2 Å². The van der Waals surface area contributed by atoms with Crippen LogP contribution in [0.1, 0.15) is 34.1 Å². The molecule has 2 heterocycles. The monoisotopic (exact) mass is 286 g/mol. The largest absolute Gasteiger partial charge is 0.487 e. The van der Waals surface area contributed by atoms with Gasteiger partial charge in [0.1, 0.15) is 17.5 Å². The van der Waals surface area contributed by atoms with Crippen LogP contribution < -0.4 is 10.5 Å². The van der Waals surface area contributed by atoms with Gasteiger partial charge in [-0.05, 0) is 52.0 Å². The molecular weight excluding hydrogens is 264 g/mol. The summed E-state index contributed by atoms with van der Waals surface area (Å²) in [5.74, 6) is 0.812. The van der Waals surface area contributed by atoms with Gasteiger partial charge in [0.25, 0.3) is 0 Å². The second-order valence-corrected chi connectivity index (χ2v) is 6.83. The van der Waals surface area contributed by atoms with Crippen molar-refractivity contribution in [2.24, 2.45) is 0 Å². The van der Waals surface area contributed by atoms with E-state index >= 15 is 0 Å². The molecule has 3 rings (SSSR count). The Kier molecular flexibility index (Phi) is 3.10. The lowest BCUT2D eigenvalue weighted by atomic mass is 9.97. The Morgan fingerprint density at radius 1 is 1.24 bits per heavy atom. The van der Waals surface area contributed by atoms with E-state index in [-0.39, 0.29) is 17.3 Å². The van der Waals surface area contributed by atoms with E-state index in [9.17, 15) is 0 Å². The van der Waals surface area contributed by atoms with E-state index in [1.807, 2.05) is 24.3 Å². The zero-order valence-electron chi connectivity index (χ0n) is 13.0. The maximum absolute atomic E-state index is 6.27. The Morgan fingerprint density at radius 2 is 2.00 bits per heavy atom. The summed E-state index contributed by atoms with van der Waals surface area (Å²) >= 11 is 0. The summed E-state index contributed by atoms with van der Waals surface area (Å²) in [5.41, 5.74) is 6.95. The lowest BCUT2D eigenvalue weighted by Crippen LogP contribution is -2.36. The smallest absolute Gasteiger partial charge is 0.130 e. The second-order valence-electron chi connectivity index (χ2n) is 6.83. The predicted molar refractivity (Wildman–Crippen MR) is 84.4 cm³/mol. The maximum atomic E-state index is 6.27. The van der Waals surface area contributed by atoms with Crippen LogP contribution >= 0.6 is 0 Å². The minimum absolute atomic E-state index is 0.000435. The zero-order chi connectivity index (χ0) is 15.3. The van der Waals surface area contributed by atoms with Crippen LogP contribution in [0.15, 0.2) is 30.5 Å². The van der Waals surface area contributed by atoms with Gasteiger partial charge in [-0.2, -0.15) is 0 Å². The molecule has 1 unspecified atom stereocenters. The Hall–Kier alpha value is -1.81. The molecule has 0 bridgehead atoms. The van der Waals surface area contributed by atoms with E-state index < -0.39 is 0 Å². The van der Waals surface area contributed by atoms with E-state index in [0.29, 0.717) is 5.69 Å². The number of nitrogens with zero attached hydrogens (tertiary/aromatic N) is 1. The van der Waals surface area contributed by atoms with Crippen molar-refractivity contribution in [3.05, 3.63) is 30.5 Å². The fourth-order valence-corrected chi connectivity index (χ4v) is 3.12. The molecule has 0 aliphatic carbocycles. The van der Waals surface area contributed by atoms with Crippen LogP contribution in [0.25, 0.3) is 10.9 Å². The molecule has 0 amide bonds. The van der Waals surface area contributed by atoms with E-state index in [1.165, 1.54) is 0 Å². The Labute approximate surface area is 125 Å². The SMILES string of the molecule is CC1(C)CC(Oc2ccc(N)c3ncccc23)C(C)(C)O1. The molecule has 21 heavy (non-hydrogen) atoms. The molecule has 2 aromatic rings. The standard InChI is InChI=1S/C17H22N2O2/c1-16(2)10-14(17(3,4)21-16)20-13-8-7-12(18)15-11(13)6-5-9-19-15/h5-9,14H,10,18H2,1-4H3. The van der Waals surface area contributed by atoms with Gasteiger partial charge in [-0.1, -0.05) is 0 Å². The third-order valence-corrected chi connectivity index (χ3v) is 4.02. The number of rotatable bonds is 2. The van der Waals surface area contributed by atoms with Crippen molar-refractivity contribution in [2.45, 2.75) is 51.4 Å². The molecule has 1 aliphatic heterocycles. The molecule has 1 aliphatic rings. The van der Waals surface area contributed by atoms with Crippen molar-refractivity contribution < 1.29 is 9.47 Å². The van der Waals surface area contributed by atoms with Gasteiger partial charge in [0.2, 0.25) is 0 Å². The highest BCUT2D eigenvalue weighted by atomic mass is 16.6. The first-order chi connectivity index (χ1) is 9.78. The van der Waals surface area contributed by atoms with Crippen molar-refractivity contribution in [1.29, 1.82) is 0 Å². The molecule has 4 nitrogen and oxygen atoms in total. The summed E-state index contributed by atoms with van der Waals surface area (Å²) in [7, 11) is 0. The molecule has 112 valence electrons. The number of benzene rings is 1. The van der Waals surface area contributed by atoms with Crippen molar-refractivity contribution in [3.63, 3.8) is 0 Å². The first kappa shape index (κ1) is 14.1. The first-order valence-electron chi connectivity index (χ1n) is 7.29. The highest BCUT2D eigenvalue weighted by Crippen LogP contribution is 2.40. The Morgan fingerprint density at radius 3 is 2.67 bits per heavy atom. The molecule has 0 radical (unpaired) electrons. The van der Waals surface area contributed by atoms with Crippen LogP contribution in [0.5, 0.6) is 5.75 Å². The van der Waals surface area contributed by atoms with Crippen molar-refractivity contribution in [3.8, 4) is 5.75 Å². The Balaban J connectivity index is 1.98. The molecule has 0 spiro atoms. The van der Waals surface area contributed by atoms with Crippen LogP contribution in [-0.2, 0) is 4.74 Å². The predicted octanol–water partition coefficient (Wildman–Crippen LogP) is 3.54. The number of pyridine rings is 1. The quantitative estimate of drug-likeness (QED) is 0.858. The summed E-state index contributed by atoms with van der Waals surface area (Å²) in [4.78, 5) is 4.34. The molecular formula is C17H22N2O2. The third kappa shape index (κ3) is 2.56. The van der Waals surface area contributed by atoms with Crippen LogP contribution in [0.4, 0.5) is 5.69 Å². The van der Waals surface area contributed by atoms with Crippen molar-refractivity contribution >= 4 is 16.6 Å². The number of hydrogen-bond donors (Lipinski definition) is 1. The number of nitrogens with two attached hydrogens (primary N) is 1. The number of nitrogen functional groups attached to an aromatic ring is 1. The molecule has 2 N–H and O–H groups in total. The van der Waals surface area contributed by atoms with Gasteiger partial charge in [-0.3, -0.25) is 4.98 Å². The number of ether oxygens (including phenoxy) is 2. The minimum Gasteiger partial charge on any atom is -0.487 e. The highest BCUT2D eigenvalue weighted by molar-refractivity contribution is 5.93. The molecule has 0 saturated carbocycles. The molecule has 1 atom stereocenters. The van der Waals surface area contributed by atoms with Gasteiger partial charge in [0.15, 0.2) is 0 Å². The van der Waals surface area contributed by atoms with E-state index in [2.05, 4.69) is 32.7 Å². The molecule has 1 fully saturated rings. The first-order valence-corrected chi connectivity index (χ1v) is 7.29. The second kappa shape index (κ2) is 4.60. The van der Waals surface area contributed by atoms with Gasteiger partial charge in [-0.15, -0.1) is 0 Å². The Bertz CT molecular complexity index is 680. The van der Waals surface area contributed by atoms with E-state index in [1.54, 1.807) is 6.20 Å². The van der Waals surface area contributed by atoms with Gasteiger partial charge in [0.05, 0.1) is 16.8 Å². The summed E-state index contributed by atoms with van der Waals surface area (Å²) in [6.07, 6.45) is 2.60. The molecule has 1 aromatic heterocycles. The maximum Gasteiger partial charge on any atom is 0.130 e. The van der Waals surface area contributed by atoms with Crippen LogP contribution in [0.2, 0.25) is 0 Å². The van der Waals surface area contributed by atoms with Gasteiger partial charge < -0.3 is 15.2 Å². The van der Waals surface area contributed by atoms with Crippen molar-refractivity contribution in [1.82, 2.24) is 4.98 Å².